The second kappa shape index (κ2) is 19.2. The summed E-state index contributed by atoms with van der Waals surface area (Å²) in [4.78, 5) is 52.4. The summed E-state index contributed by atoms with van der Waals surface area (Å²) in [6, 6.07) is 9.86. The molecule has 2 unspecified atom stereocenters. The molecule has 2 atom stereocenters. The minimum Gasteiger partial charge on any atom is -0.507 e. The number of carbonyl (C=O) groups is 4. The molecule has 0 heterocycles. The minimum atomic E-state index is -0.802. The number of nitrogens with one attached hydrogen (secondary N) is 4. The lowest BCUT2D eigenvalue weighted by Crippen LogP contribution is -2.51. The van der Waals surface area contributed by atoms with Crippen LogP contribution >= 0.6 is 0 Å². The number of hydrogen-bond donors (Lipinski definition) is 6. The number of phenolic OH excluding ortho intramolecular Hbond substituents is 2. The molecule has 242 valence electrons. The lowest BCUT2D eigenvalue weighted by molar-refractivity contribution is -0.136. The van der Waals surface area contributed by atoms with Gasteiger partial charge in [-0.3, -0.25) is 40.9 Å². The molecule has 2 aromatic rings. The summed E-state index contributed by atoms with van der Waals surface area (Å²) in [6.07, 6.45) is 9.15. The van der Waals surface area contributed by atoms with E-state index in [0.717, 1.165) is 44.9 Å². The highest BCUT2D eigenvalue weighted by Gasteiger charge is 2.33. The predicted octanol–water partition coefficient (Wildman–Crippen LogP) is 5.62. The van der Waals surface area contributed by atoms with Crippen molar-refractivity contribution in [2.45, 2.75) is 105 Å². The van der Waals surface area contributed by atoms with Crippen LogP contribution < -0.4 is 21.7 Å². The van der Waals surface area contributed by atoms with E-state index in [1.807, 2.05) is 13.8 Å². The molecule has 44 heavy (non-hydrogen) atoms. The number of aromatic hydroxyl groups is 2. The molecule has 0 fully saturated rings. The van der Waals surface area contributed by atoms with Gasteiger partial charge in [0.25, 0.3) is 11.8 Å². The fourth-order valence-corrected chi connectivity index (χ4v) is 5.20. The average molecular weight is 611 g/mol. The van der Waals surface area contributed by atoms with E-state index in [9.17, 15) is 29.4 Å². The van der Waals surface area contributed by atoms with Crippen molar-refractivity contribution in [2.24, 2.45) is 11.8 Å². The Morgan fingerprint density at radius 1 is 0.591 bits per heavy atom. The lowest BCUT2D eigenvalue weighted by atomic mass is 9.84. The Morgan fingerprint density at radius 3 is 1.48 bits per heavy atom. The third kappa shape index (κ3) is 10.6. The van der Waals surface area contributed by atoms with Crippen LogP contribution in [-0.4, -0.2) is 33.8 Å². The van der Waals surface area contributed by atoms with Crippen molar-refractivity contribution in [2.75, 3.05) is 0 Å². The molecule has 0 bridgehead atoms. The van der Waals surface area contributed by atoms with Crippen LogP contribution in [0.2, 0.25) is 0 Å². The van der Waals surface area contributed by atoms with Gasteiger partial charge in [0.05, 0.1) is 23.0 Å². The van der Waals surface area contributed by atoms with Gasteiger partial charge in [0.1, 0.15) is 11.5 Å². The van der Waals surface area contributed by atoms with E-state index < -0.39 is 35.5 Å². The van der Waals surface area contributed by atoms with Gasteiger partial charge in [0.15, 0.2) is 0 Å². The highest BCUT2D eigenvalue weighted by Crippen LogP contribution is 2.26. The van der Waals surface area contributed by atoms with Gasteiger partial charge in [0, 0.05) is 0 Å². The maximum absolute atomic E-state index is 13.4. The van der Waals surface area contributed by atoms with Crippen molar-refractivity contribution in [3.05, 3.63) is 58.7 Å². The molecule has 2 aromatic carbocycles. The highest BCUT2D eigenvalue weighted by atomic mass is 16.3. The Kier molecular flexibility index (Phi) is 15.8. The summed E-state index contributed by atoms with van der Waals surface area (Å²) in [5.74, 6) is -4.24. The number of carbonyl (C=O) groups excluding carboxylic acids is 4. The third-order valence-electron chi connectivity index (χ3n) is 7.89. The van der Waals surface area contributed by atoms with Crippen molar-refractivity contribution >= 4 is 23.6 Å². The number of hydrazine groups is 2. The minimum absolute atomic E-state index is 0.0468. The molecule has 0 aliphatic carbocycles. The van der Waals surface area contributed by atoms with Crippen LogP contribution in [-0.2, 0) is 22.4 Å². The monoisotopic (exact) mass is 610 g/mol. The summed E-state index contributed by atoms with van der Waals surface area (Å²) < 4.78 is 0. The molecule has 0 radical (unpaired) electrons. The molecule has 10 heteroatoms. The third-order valence-corrected chi connectivity index (χ3v) is 7.89. The molecule has 0 aliphatic heterocycles. The van der Waals surface area contributed by atoms with Gasteiger partial charge in [-0.15, -0.1) is 0 Å². The number of unbranched alkanes of at least 4 members (excludes halogenated alkanes) is 5. The molecule has 0 aliphatic rings. The first-order valence-electron chi connectivity index (χ1n) is 16.0. The van der Waals surface area contributed by atoms with Gasteiger partial charge in [-0.25, -0.2) is 0 Å². The molecular formula is C34H50N4O6. The Morgan fingerprint density at radius 2 is 1.05 bits per heavy atom. The standard InChI is InChI=1S/C34H50N4O6/c1-5-9-12-13-20-26(32(42)36-38-34(44)28-22-15-19-24(30(28)40)17-11-7-3)25(8-4)31(41)35-37-33(43)27-21-14-18-23(29(27)39)16-10-6-2/h14-15,18-19,21-22,25-26,39-40H,5-13,16-17,20H2,1-4H3,(H,35,41)(H,36,42)(H,37,43)(H,38,44). The van der Waals surface area contributed by atoms with E-state index in [2.05, 4.69) is 28.6 Å². The number of hydrogen-bond acceptors (Lipinski definition) is 6. The molecule has 0 saturated carbocycles. The zero-order valence-electron chi connectivity index (χ0n) is 26.6. The average Bonchev–Trinajstić information content (AvgIpc) is 3.02. The molecule has 10 nitrogen and oxygen atoms in total. The van der Waals surface area contributed by atoms with Gasteiger partial charge < -0.3 is 10.2 Å². The summed E-state index contributed by atoms with van der Waals surface area (Å²) in [6.45, 7) is 7.93. The van der Waals surface area contributed by atoms with E-state index in [4.69, 9.17) is 0 Å². The van der Waals surface area contributed by atoms with E-state index in [-0.39, 0.29) is 22.6 Å². The van der Waals surface area contributed by atoms with Gasteiger partial charge in [-0.05, 0) is 61.8 Å². The Hall–Kier alpha value is -4.08. The first-order valence-corrected chi connectivity index (χ1v) is 16.0. The zero-order chi connectivity index (χ0) is 32.5. The van der Waals surface area contributed by atoms with Gasteiger partial charge in [0.2, 0.25) is 11.8 Å². The quantitative estimate of drug-likeness (QED) is 0.101. The first kappa shape index (κ1) is 36.1. The van der Waals surface area contributed by atoms with Gasteiger partial charge in [-0.2, -0.15) is 0 Å². The molecule has 2 rings (SSSR count). The fraction of sp³-hybridized carbons (Fsp3) is 0.529. The summed E-state index contributed by atoms with van der Waals surface area (Å²) in [5, 5.41) is 21.2. The summed E-state index contributed by atoms with van der Waals surface area (Å²) >= 11 is 0. The number of para-hydroxylation sites is 2. The second-order valence-electron chi connectivity index (χ2n) is 11.2. The van der Waals surface area contributed by atoms with Gasteiger partial charge in [-0.1, -0.05) is 90.5 Å². The van der Waals surface area contributed by atoms with Crippen LogP contribution in [0.25, 0.3) is 0 Å². The number of amides is 4. The van der Waals surface area contributed by atoms with E-state index in [0.29, 0.717) is 43.2 Å². The van der Waals surface area contributed by atoms with E-state index in [1.54, 1.807) is 31.2 Å². The smallest absolute Gasteiger partial charge is 0.273 e. The normalized spacial score (nSPS) is 12.2. The Labute approximate surface area is 261 Å². The number of benzene rings is 2. The lowest BCUT2D eigenvalue weighted by Gasteiger charge is -2.25. The predicted molar refractivity (Wildman–Crippen MR) is 171 cm³/mol. The number of aryl methyl sites for hydroxylation is 2. The van der Waals surface area contributed by atoms with Crippen LogP contribution in [0.5, 0.6) is 11.5 Å². The van der Waals surface area contributed by atoms with Crippen molar-refractivity contribution in [1.82, 2.24) is 21.7 Å². The van der Waals surface area contributed by atoms with E-state index >= 15 is 0 Å². The Balaban J connectivity index is 2.12. The van der Waals surface area contributed by atoms with Crippen LogP contribution in [0.3, 0.4) is 0 Å². The summed E-state index contributed by atoms with van der Waals surface area (Å²) in [7, 11) is 0. The highest BCUT2D eigenvalue weighted by molar-refractivity contribution is 5.99. The van der Waals surface area contributed by atoms with Crippen LogP contribution in [0.1, 0.15) is 124 Å². The molecule has 0 aromatic heterocycles. The SMILES string of the molecule is CCCCCCC(C(=O)NNC(=O)c1cccc(CCCC)c1O)C(CC)C(=O)NNC(=O)c1cccc(CCCC)c1O. The molecule has 0 spiro atoms. The maximum atomic E-state index is 13.4. The molecule has 4 amide bonds. The fourth-order valence-electron chi connectivity index (χ4n) is 5.20. The van der Waals surface area contributed by atoms with Crippen molar-refractivity contribution < 1.29 is 29.4 Å². The molecule has 6 N–H and O–H groups in total. The van der Waals surface area contributed by atoms with Gasteiger partial charge >= 0.3 is 0 Å². The van der Waals surface area contributed by atoms with Crippen molar-refractivity contribution in [1.29, 1.82) is 0 Å². The maximum Gasteiger partial charge on any atom is 0.273 e. The Bertz CT molecular complexity index is 1250. The zero-order valence-corrected chi connectivity index (χ0v) is 26.6. The first-order chi connectivity index (χ1) is 21.2. The van der Waals surface area contributed by atoms with Crippen LogP contribution in [0.4, 0.5) is 0 Å². The number of rotatable bonds is 17. The number of phenols is 2. The second-order valence-corrected chi connectivity index (χ2v) is 11.2. The molecular weight excluding hydrogens is 560 g/mol. The van der Waals surface area contributed by atoms with E-state index in [1.165, 1.54) is 12.1 Å². The molecule has 0 saturated heterocycles. The van der Waals surface area contributed by atoms with Crippen LogP contribution in [0.15, 0.2) is 36.4 Å². The van der Waals surface area contributed by atoms with Crippen LogP contribution in [0, 0.1) is 11.8 Å². The summed E-state index contributed by atoms with van der Waals surface area (Å²) in [5.41, 5.74) is 11.1. The van der Waals surface area contributed by atoms with Crippen molar-refractivity contribution in [3.8, 4) is 11.5 Å². The van der Waals surface area contributed by atoms with Crippen molar-refractivity contribution in [3.63, 3.8) is 0 Å². The topological polar surface area (TPSA) is 157 Å². The largest absolute Gasteiger partial charge is 0.507 e.